The van der Waals surface area contributed by atoms with Crippen LogP contribution < -0.4 is 14.8 Å². The van der Waals surface area contributed by atoms with Crippen LogP contribution in [0.15, 0.2) is 41.3 Å². The third kappa shape index (κ3) is 3.11. The van der Waals surface area contributed by atoms with Crippen LogP contribution in [0.5, 0.6) is 5.75 Å². The summed E-state index contributed by atoms with van der Waals surface area (Å²) in [6, 6.07) is 8.21. The van der Waals surface area contributed by atoms with Gasteiger partial charge >= 0.3 is 0 Å². The summed E-state index contributed by atoms with van der Waals surface area (Å²) in [5.41, 5.74) is 0.793. The van der Waals surface area contributed by atoms with E-state index >= 15 is 0 Å². The van der Waals surface area contributed by atoms with Crippen LogP contribution in [0.3, 0.4) is 0 Å². The molecule has 0 saturated heterocycles. The van der Waals surface area contributed by atoms with E-state index in [0.717, 1.165) is 0 Å². The summed E-state index contributed by atoms with van der Waals surface area (Å²) in [7, 11) is -4.00. The smallest absolute Gasteiger partial charge is 0.262 e. The Morgan fingerprint density at radius 1 is 1.22 bits per heavy atom. The fourth-order valence-electron chi connectivity index (χ4n) is 2.14. The summed E-state index contributed by atoms with van der Waals surface area (Å²) in [6.07, 6.45) is 0. The number of carbonyl (C=O) groups is 1. The number of fused-ring (bicyclic) bond motifs is 1. The number of sulfonamides is 1. The second kappa shape index (κ2) is 5.54. The molecule has 1 aliphatic heterocycles. The van der Waals surface area contributed by atoms with Gasteiger partial charge in [-0.05, 0) is 42.8 Å². The molecule has 0 radical (unpaired) electrons. The molecule has 0 aliphatic carbocycles. The van der Waals surface area contributed by atoms with Gasteiger partial charge in [-0.15, -0.1) is 0 Å². The van der Waals surface area contributed by atoms with E-state index in [9.17, 15) is 17.6 Å². The second-order valence-corrected chi connectivity index (χ2v) is 6.77. The number of ether oxygens (including phenoxy) is 1. The van der Waals surface area contributed by atoms with Crippen molar-refractivity contribution in [2.75, 3.05) is 16.6 Å². The number of aryl methyl sites for hydroxylation is 1. The van der Waals surface area contributed by atoms with Gasteiger partial charge in [-0.1, -0.05) is 6.07 Å². The van der Waals surface area contributed by atoms with Crippen molar-refractivity contribution in [3.8, 4) is 5.75 Å². The van der Waals surface area contributed by atoms with Crippen LogP contribution >= 0.6 is 0 Å². The first kappa shape index (κ1) is 15.3. The zero-order valence-corrected chi connectivity index (χ0v) is 12.9. The topological polar surface area (TPSA) is 84.5 Å². The predicted molar refractivity (Wildman–Crippen MR) is 82.5 cm³/mol. The number of amides is 1. The Bertz CT molecular complexity index is 896. The monoisotopic (exact) mass is 336 g/mol. The Balaban J connectivity index is 1.93. The Morgan fingerprint density at radius 3 is 2.74 bits per heavy atom. The number of carbonyl (C=O) groups excluding carboxylic acids is 1. The molecule has 0 bridgehead atoms. The van der Waals surface area contributed by atoms with Crippen molar-refractivity contribution >= 4 is 27.3 Å². The maximum Gasteiger partial charge on any atom is 0.262 e. The maximum absolute atomic E-state index is 13.8. The Labute approximate surface area is 132 Å². The Kier molecular flexibility index (Phi) is 3.69. The van der Waals surface area contributed by atoms with E-state index in [-0.39, 0.29) is 28.8 Å². The van der Waals surface area contributed by atoms with Gasteiger partial charge in [0.25, 0.3) is 15.9 Å². The molecule has 0 atom stereocenters. The van der Waals surface area contributed by atoms with Gasteiger partial charge in [0.2, 0.25) is 0 Å². The molecule has 0 aromatic heterocycles. The summed E-state index contributed by atoms with van der Waals surface area (Å²) >= 11 is 0. The van der Waals surface area contributed by atoms with Gasteiger partial charge < -0.3 is 10.1 Å². The predicted octanol–water partition coefficient (Wildman–Crippen LogP) is 2.27. The third-order valence-electron chi connectivity index (χ3n) is 3.26. The zero-order chi connectivity index (χ0) is 16.6. The molecule has 3 rings (SSSR count). The van der Waals surface area contributed by atoms with Crippen molar-refractivity contribution in [1.29, 1.82) is 0 Å². The van der Waals surface area contributed by atoms with E-state index in [0.29, 0.717) is 11.3 Å². The molecule has 2 aromatic carbocycles. The lowest BCUT2D eigenvalue weighted by atomic mass is 10.2. The number of hydrogen-bond donors (Lipinski definition) is 2. The summed E-state index contributed by atoms with van der Waals surface area (Å²) < 4.78 is 45.9. The summed E-state index contributed by atoms with van der Waals surface area (Å²) in [5, 5.41) is 2.52. The largest absolute Gasteiger partial charge is 0.482 e. The Hall–Kier alpha value is -2.61. The maximum atomic E-state index is 13.8. The Morgan fingerprint density at radius 2 is 2.00 bits per heavy atom. The number of halogens is 1. The molecule has 1 heterocycles. The molecular weight excluding hydrogens is 323 g/mol. The van der Waals surface area contributed by atoms with Crippen molar-refractivity contribution in [2.24, 2.45) is 0 Å². The lowest BCUT2D eigenvalue weighted by Crippen LogP contribution is -2.25. The summed E-state index contributed by atoms with van der Waals surface area (Å²) in [6.45, 7) is 1.58. The molecule has 0 unspecified atom stereocenters. The molecule has 2 N–H and O–H groups in total. The minimum atomic E-state index is -4.00. The van der Waals surface area contributed by atoms with Gasteiger partial charge in [0.1, 0.15) is 11.6 Å². The van der Waals surface area contributed by atoms with E-state index in [2.05, 4.69) is 10.0 Å². The van der Waals surface area contributed by atoms with Gasteiger partial charge in [-0.3, -0.25) is 9.52 Å². The highest BCUT2D eigenvalue weighted by Gasteiger charge is 2.21. The molecule has 1 aliphatic rings. The van der Waals surface area contributed by atoms with Crippen LogP contribution in [0.1, 0.15) is 5.56 Å². The molecule has 2 aromatic rings. The average molecular weight is 336 g/mol. The molecule has 120 valence electrons. The van der Waals surface area contributed by atoms with E-state index in [1.54, 1.807) is 13.0 Å². The van der Waals surface area contributed by atoms with Crippen LogP contribution in [0.4, 0.5) is 15.8 Å². The van der Waals surface area contributed by atoms with Crippen LogP contribution in [0.25, 0.3) is 0 Å². The van der Waals surface area contributed by atoms with Crippen LogP contribution in [-0.4, -0.2) is 20.9 Å². The van der Waals surface area contributed by atoms with Gasteiger partial charge in [0.15, 0.2) is 6.61 Å². The normalized spacial score (nSPS) is 13.7. The van der Waals surface area contributed by atoms with Crippen LogP contribution in [-0.2, 0) is 14.8 Å². The first-order valence-corrected chi connectivity index (χ1v) is 8.19. The molecule has 1 amide bonds. The standard InChI is InChI=1S/C15H13FN2O4S/c1-9-2-4-12(11(16)6-9)18-23(20,21)10-3-5-14-13(7-10)17-15(19)8-22-14/h2-7,18H,8H2,1H3,(H,17,19). The molecule has 23 heavy (non-hydrogen) atoms. The highest BCUT2D eigenvalue weighted by Crippen LogP contribution is 2.31. The summed E-state index contributed by atoms with van der Waals surface area (Å²) in [4.78, 5) is 11.2. The van der Waals surface area contributed by atoms with Gasteiger partial charge in [0, 0.05) is 0 Å². The number of anilines is 2. The third-order valence-corrected chi connectivity index (χ3v) is 4.63. The minimum absolute atomic E-state index is 0.109. The van der Waals surface area contributed by atoms with Crippen molar-refractivity contribution < 1.29 is 22.3 Å². The first-order chi connectivity index (χ1) is 10.8. The number of nitrogens with one attached hydrogen (secondary N) is 2. The molecule has 8 heteroatoms. The van der Waals surface area contributed by atoms with Crippen molar-refractivity contribution in [3.63, 3.8) is 0 Å². The lowest BCUT2D eigenvalue weighted by Gasteiger charge is -2.18. The van der Waals surface area contributed by atoms with E-state index in [4.69, 9.17) is 4.74 Å². The van der Waals surface area contributed by atoms with E-state index in [1.807, 2.05) is 0 Å². The quantitative estimate of drug-likeness (QED) is 0.900. The average Bonchev–Trinajstić information content (AvgIpc) is 2.49. The van der Waals surface area contributed by atoms with Gasteiger partial charge in [-0.25, -0.2) is 12.8 Å². The first-order valence-electron chi connectivity index (χ1n) is 6.71. The highest BCUT2D eigenvalue weighted by molar-refractivity contribution is 7.92. The van der Waals surface area contributed by atoms with Crippen LogP contribution in [0, 0.1) is 12.7 Å². The highest BCUT2D eigenvalue weighted by atomic mass is 32.2. The van der Waals surface area contributed by atoms with Gasteiger partial charge in [-0.2, -0.15) is 0 Å². The SMILES string of the molecule is Cc1ccc(NS(=O)(=O)c2ccc3c(c2)NC(=O)CO3)c(F)c1. The zero-order valence-electron chi connectivity index (χ0n) is 12.1. The van der Waals surface area contributed by atoms with Crippen LogP contribution in [0.2, 0.25) is 0 Å². The van der Waals surface area contributed by atoms with E-state index < -0.39 is 15.8 Å². The molecule has 0 spiro atoms. The summed E-state index contributed by atoms with van der Waals surface area (Å²) in [5.74, 6) is -0.655. The molecule has 6 nitrogen and oxygen atoms in total. The van der Waals surface area contributed by atoms with Crippen molar-refractivity contribution in [3.05, 3.63) is 47.8 Å². The van der Waals surface area contributed by atoms with Crippen molar-refractivity contribution in [2.45, 2.75) is 11.8 Å². The number of benzene rings is 2. The number of hydrogen-bond acceptors (Lipinski definition) is 4. The fraction of sp³-hybridized carbons (Fsp3) is 0.133. The number of rotatable bonds is 3. The lowest BCUT2D eigenvalue weighted by molar-refractivity contribution is -0.118. The van der Waals surface area contributed by atoms with Crippen molar-refractivity contribution in [1.82, 2.24) is 0 Å². The minimum Gasteiger partial charge on any atom is -0.482 e. The van der Waals surface area contributed by atoms with E-state index in [1.165, 1.54) is 30.3 Å². The molecule has 0 fully saturated rings. The molecule has 0 saturated carbocycles. The second-order valence-electron chi connectivity index (χ2n) is 5.08. The fourth-order valence-corrected chi connectivity index (χ4v) is 3.23. The van der Waals surface area contributed by atoms with Gasteiger partial charge in [0.05, 0.1) is 16.3 Å². The molecular formula is C15H13FN2O4S.